The zero-order valence-electron chi connectivity index (χ0n) is 11.6. The Kier molecular flexibility index (Phi) is 3.47. The quantitative estimate of drug-likeness (QED) is 0.895. The minimum absolute atomic E-state index is 0.654. The van der Waals surface area contributed by atoms with E-state index in [2.05, 4.69) is 40.3 Å². The SMILES string of the molecule is N#CC1(N)CCCN(CCc2c[nH]c3ccccc23)C1. The number of nitrogens with one attached hydrogen (secondary N) is 1. The zero-order valence-corrected chi connectivity index (χ0v) is 11.6. The second-order valence-corrected chi connectivity index (χ2v) is 5.76. The zero-order chi connectivity index (χ0) is 14.0. The topological polar surface area (TPSA) is 68.8 Å². The van der Waals surface area contributed by atoms with Gasteiger partial charge in [0.25, 0.3) is 0 Å². The second-order valence-electron chi connectivity index (χ2n) is 5.76. The van der Waals surface area contributed by atoms with Gasteiger partial charge in [-0.15, -0.1) is 0 Å². The number of hydrogen-bond donors (Lipinski definition) is 2. The van der Waals surface area contributed by atoms with E-state index < -0.39 is 5.54 Å². The first-order chi connectivity index (χ1) is 9.70. The first-order valence-corrected chi connectivity index (χ1v) is 7.18. The van der Waals surface area contributed by atoms with Gasteiger partial charge in [0.05, 0.1) is 6.07 Å². The highest BCUT2D eigenvalue weighted by Gasteiger charge is 2.31. The number of nitriles is 1. The van der Waals surface area contributed by atoms with Crippen LogP contribution in [-0.2, 0) is 6.42 Å². The van der Waals surface area contributed by atoms with Gasteiger partial charge in [-0.2, -0.15) is 5.26 Å². The van der Waals surface area contributed by atoms with Crippen LogP contribution in [-0.4, -0.2) is 35.1 Å². The number of nitrogens with two attached hydrogens (primary N) is 1. The Balaban J connectivity index is 1.66. The predicted molar refractivity (Wildman–Crippen MR) is 80.2 cm³/mol. The second kappa shape index (κ2) is 5.28. The van der Waals surface area contributed by atoms with Gasteiger partial charge in [0, 0.05) is 30.2 Å². The molecule has 1 atom stereocenters. The first-order valence-electron chi connectivity index (χ1n) is 7.18. The number of rotatable bonds is 3. The van der Waals surface area contributed by atoms with Crippen LogP contribution in [0.3, 0.4) is 0 Å². The number of para-hydroxylation sites is 1. The molecule has 0 radical (unpaired) electrons. The lowest BCUT2D eigenvalue weighted by Gasteiger charge is -2.35. The largest absolute Gasteiger partial charge is 0.361 e. The molecular weight excluding hydrogens is 248 g/mol. The number of aromatic nitrogens is 1. The molecule has 1 aromatic heterocycles. The summed E-state index contributed by atoms with van der Waals surface area (Å²) in [4.78, 5) is 5.62. The lowest BCUT2D eigenvalue weighted by molar-refractivity contribution is 0.181. The highest BCUT2D eigenvalue weighted by Crippen LogP contribution is 2.21. The van der Waals surface area contributed by atoms with E-state index in [4.69, 9.17) is 11.0 Å². The van der Waals surface area contributed by atoms with E-state index >= 15 is 0 Å². The number of likely N-dealkylation sites (tertiary alicyclic amines) is 1. The van der Waals surface area contributed by atoms with Crippen LogP contribution < -0.4 is 5.73 Å². The Morgan fingerprint density at radius 2 is 2.25 bits per heavy atom. The molecule has 0 aliphatic carbocycles. The van der Waals surface area contributed by atoms with Gasteiger partial charge in [0.2, 0.25) is 0 Å². The summed E-state index contributed by atoms with van der Waals surface area (Å²) in [6.45, 7) is 2.69. The average Bonchev–Trinajstić information content (AvgIpc) is 2.89. The molecule has 1 unspecified atom stereocenters. The maximum absolute atomic E-state index is 9.15. The summed E-state index contributed by atoms with van der Waals surface area (Å²) in [5.41, 5.74) is 7.95. The van der Waals surface area contributed by atoms with Crippen LogP contribution in [0.5, 0.6) is 0 Å². The van der Waals surface area contributed by atoms with Crippen LogP contribution in [0.2, 0.25) is 0 Å². The highest BCUT2D eigenvalue weighted by atomic mass is 15.2. The van der Waals surface area contributed by atoms with Gasteiger partial charge in [-0.25, -0.2) is 0 Å². The number of piperidine rings is 1. The molecule has 4 heteroatoms. The van der Waals surface area contributed by atoms with E-state index in [1.807, 2.05) is 6.07 Å². The van der Waals surface area contributed by atoms with Crippen molar-refractivity contribution in [3.8, 4) is 6.07 Å². The number of hydrogen-bond acceptors (Lipinski definition) is 3. The molecule has 2 aromatic rings. The van der Waals surface area contributed by atoms with Crippen LogP contribution in [0.1, 0.15) is 18.4 Å². The van der Waals surface area contributed by atoms with Gasteiger partial charge < -0.3 is 15.6 Å². The molecule has 1 fully saturated rings. The van der Waals surface area contributed by atoms with E-state index in [0.717, 1.165) is 32.4 Å². The fourth-order valence-corrected chi connectivity index (χ4v) is 3.07. The minimum Gasteiger partial charge on any atom is -0.361 e. The fourth-order valence-electron chi connectivity index (χ4n) is 3.07. The Morgan fingerprint density at radius 3 is 3.10 bits per heavy atom. The standard InChI is InChI=1S/C16H20N4/c17-11-16(18)7-3-8-20(12-16)9-6-13-10-19-15-5-2-1-4-14(13)15/h1-2,4-5,10,19H,3,6-9,12,18H2. The van der Waals surface area contributed by atoms with Crippen molar-refractivity contribution >= 4 is 10.9 Å². The van der Waals surface area contributed by atoms with Gasteiger partial charge >= 0.3 is 0 Å². The third-order valence-electron chi connectivity index (χ3n) is 4.20. The number of fused-ring (bicyclic) bond motifs is 1. The van der Waals surface area contributed by atoms with Crippen molar-refractivity contribution in [3.05, 3.63) is 36.0 Å². The first kappa shape index (κ1) is 13.2. The molecule has 0 spiro atoms. The van der Waals surface area contributed by atoms with Crippen molar-refractivity contribution < 1.29 is 0 Å². The van der Waals surface area contributed by atoms with Crippen molar-refractivity contribution in [2.24, 2.45) is 5.73 Å². The van der Waals surface area contributed by atoms with Crippen molar-refractivity contribution in [2.45, 2.75) is 24.8 Å². The molecule has 0 bridgehead atoms. The van der Waals surface area contributed by atoms with E-state index in [0.29, 0.717) is 6.54 Å². The predicted octanol–water partition coefficient (Wildman–Crippen LogP) is 2.03. The number of nitrogens with zero attached hydrogens (tertiary/aromatic N) is 2. The maximum Gasteiger partial charge on any atom is 0.117 e. The molecule has 3 N–H and O–H groups in total. The van der Waals surface area contributed by atoms with Gasteiger partial charge in [0.15, 0.2) is 0 Å². The van der Waals surface area contributed by atoms with Gasteiger partial charge in [-0.3, -0.25) is 0 Å². The molecule has 1 aliphatic heterocycles. The van der Waals surface area contributed by atoms with Crippen molar-refractivity contribution in [1.29, 1.82) is 5.26 Å². The fraction of sp³-hybridized carbons (Fsp3) is 0.438. The Labute approximate surface area is 119 Å². The smallest absolute Gasteiger partial charge is 0.117 e. The van der Waals surface area contributed by atoms with Crippen LogP contribution in [0.25, 0.3) is 10.9 Å². The third kappa shape index (κ3) is 2.55. The van der Waals surface area contributed by atoms with Crippen LogP contribution in [0, 0.1) is 11.3 Å². The molecule has 1 aromatic carbocycles. The lowest BCUT2D eigenvalue weighted by atomic mass is 9.91. The van der Waals surface area contributed by atoms with Crippen molar-refractivity contribution in [3.63, 3.8) is 0 Å². The van der Waals surface area contributed by atoms with Crippen LogP contribution >= 0.6 is 0 Å². The van der Waals surface area contributed by atoms with Crippen molar-refractivity contribution in [2.75, 3.05) is 19.6 Å². The molecular formula is C16H20N4. The molecule has 1 aliphatic rings. The summed E-state index contributed by atoms with van der Waals surface area (Å²) in [6.07, 6.45) is 4.91. The van der Waals surface area contributed by atoms with E-state index in [-0.39, 0.29) is 0 Å². The number of H-pyrrole nitrogens is 1. The van der Waals surface area contributed by atoms with E-state index in [1.54, 1.807) is 0 Å². The van der Waals surface area contributed by atoms with Gasteiger partial charge in [-0.1, -0.05) is 18.2 Å². The van der Waals surface area contributed by atoms with Crippen molar-refractivity contribution in [1.82, 2.24) is 9.88 Å². The molecule has 104 valence electrons. The van der Waals surface area contributed by atoms with Gasteiger partial charge in [0.1, 0.15) is 5.54 Å². The number of benzene rings is 1. The normalized spacial score (nSPS) is 23.8. The summed E-state index contributed by atoms with van der Waals surface area (Å²) < 4.78 is 0. The summed E-state index contributed by atoms with van der Waals surface area (Å²) >= 11 is 0. The summed E-state index contributed by atoms with van der Waals surface area (Å²) in [5.74, 6) is 0. The number of aromatic amines is 1. The van der Waals surface area contributed by atoms with E-state index in [1.165, 1.54) is 16.5 Å². The maximum atomic E-state index is 9.15. The third-order valence-corrected chi connectivity index (χ3v) is 4.20. The Morgan fingerprint density at radius 1 is 1.40 bits per heavy atom. The molecule has 1 saturated heterocycles. The lowest BCUT2D eigenvalue weighted by Crippen LogP contribution is -2.53. The minimum atomic E-state index is -0.654. The Hall–Kier alpha value is -1.83. The summed E-state index contributed by atoms with van der Waals surface area (Å²) in [6, 6.07) is 10.6. The molecule has 4 nitrogen and oxygen atoms in total. The van der Waals surface area contributed by atoms with Crippen LogP contribution in [0.4, 0.5) is 0 Å². The summed E-state index contributed by atoms with van der Waals surface area (Å²) in [7, 11) is 0. The molecule has 3 rings (SSSR count). The Bertz CT molecular complexity index is 639. The summed E-state index contributed by atoms with van der Waals surface area (Å²) in [5, 5.41) is 10.5. The molecule has 2 heterocycles. The average molecular weight is 268 g/mol. The molecule has 0 saturated carbocycles. The van der Waals surface area contributed by atoms with Gasteiger partial charge in [-0.05, 0) is 37.4 Å². The van der Waals surface area contributed by atoms with E-state index in [9.17, 15) is 0 Å². The molecule has 0 amide bonds. The monoisotopic (exact) mass is 268 g/mol. The highest BCUT2D eigenvalue weighted by molar-refractivity contribution is 5.83. The van der Waals surface area contributed by atoms with Crippen LogP contribution in [0.15, 0.2) is 30.5 Å². The molecule has 20 heavy (non-hydrogen) atoms.